The fourth-order valence-corrected chi connectivity index (χ4v) is 0.909. The van der Waals surface area contributed by atoms with Crippen molar-refractivity contribution in [2.24, 2.45) is 4.99 Å². The Labute approximate surface area is 60.5 Å². The van der Waals surface area contributed by atoms with Crippen LogP contribution in [0, 0.1) is 0 Å². The smallest absolute Gasteiger partial charge is 0.125 e. The number of aliphatic hydroxyl groups excluding tert-OH is 1. The number of rotatable bonds is 1. The third kappa shape index (κ3) is 1.84. The Morgan fingerprint density at radius 3 is 3.30 bits per heavy atom. The Balaban J connectivity index is 2.51. The molecule has 1 heterocycles. The molecule has 0 aromatic heterocycles. The second-order valence-electron chi connectivity index (χ2n) is 2.21. The summed E-state index contributed by atoms with van der Waals surface area (Å²) in [6.45, 7) is 1.85. The van der Waals surface area contributed by atoms with Gasteiger partial charge in [0.05, 0.1) is 0 Å². The van der Waals surface area contributed by atoms with E-state index in [1.165, 1.54) is 0 Å². The van der Waals surface area contributed by atoms with Gasteiger partial charge in [-0.05, 0) is 25.8 Å². The van der Waals surface area contributed by atoms with E-state index in [2.05, 4.69) is 10.3 Å². The van der Waals surface area contributed by atoms with E-state index >= 15 is 0 Å². The number of nitrogens with one attached hydrogen (secondary N) is 1. The molecule has 0 spiro atoms. The van der Waals surface area contributed by atoms with Crippen LogP contribution in [0.4, 0.5) is 0 Å². The molecule has 1 unspecified atom stereocenters. The molecule has 56 valence electrons. The SMILES string of the molecule is CC=NC1=CCCC(O)N1. The lowest BCUT2D eigenvalue weighted by molar-refractivity contribution is 0.134. The van der Waals surface area contributed by atoms with Crippen LogP contribution in [0.15, 0.2) is 16.9 Å². The lowest BCUT2D eigenvalue weighted by Gasteiger charge is -2.17. The van der Waals surface area contributed by atoms with Gasteiger partial charge in [0.15, 0.2) is 0 Å². The summed E-state index contributed by atoms with van der Waals surface area (Å²) in [5.41, 5.74) is 0. The van der Waals surface area contributed by atoms with Crippen LogP contribution in [-0.4, -0.2) is 17.5 Å². The maximum Gasteiger partial charge on any atom is 0.125 e. The van der Waals surface area contributed by atoms with Crippen LogP contribution in [0.1, 0.15) is 19.8 Å². The summed E-state index contributed by atoms with van der Waals surface area (Å²) in [6.07, 6.45) is 4.95. The quantitative estimate of drug-likeness (QED) is 0.524. The van der Waals surface area contributed by atoms with Gasteiger partial charge in [0.1, 0.15) is 12.0 Å². The zero-order chi connectivity index (χ0) is 7.40. The molecule has 3 nitrogen and oxygen atoms in total. The number of aliphatic hydroxyl groups is 1. The topological polar surface area (TPSA) is 44.6 Å². The van der Waals surface area contributed by atoms with Gasteiger partial charge in [-0.15, -0.1) is 0 Å². The van der Waals surface area contributed by atoms with Crippen LogP contribution < -0.4 is 5.32 Å². The van der Waals surface area contributed by atoms with Crippen LogP contribution >= 0.6 is 0 Å². The van der Waals surface area contributed by atoms with Crippen molar-refractivity contribution in [2.75, 3.05) is 0 Å². The lowest BCUT2D eigenvalue weighted by Crippen LogP contribution is -2.29. The molecule has 0 bridgehead atoms. The van der Waals surface area contributed by atoms with Gasteiger partial charge in [0.25, 0.3) is 0 Å². The van der Waals surface area contributed by atoms with Gasteiger partial charge in [-0.2, -0.15) is 0 Å². The normalized spacial score (nSPS) is 26.2. The summed E-state index contributed by atoms with van der Waals surface area (Å²) in [6, 6.07) is 0. The van der Waals surface area contributed by atoms with Crippen molar-refractivity contribution in [3.63, 3.8) is 0 Å². The van der Waals surface area contributed by atoms with Gasteiger partial charge in [-0.1, -0.05) is 0 Å². The van der Waals surface area contributed by atoms with Gasteiger partial charge >= 0.3 is 0 Å². The van der Waals surface area contributed by atoms with E-state index in [9.17, 15) is 0 Å². The zero-order valence-electron chi connectivity index (χ0n) is 6.04. The van der Waals surface area contributed by atoms with Gasteiger partial charge in [-0.25, -0.2) is 4.99 Å². The fourth-order valence-electron chi connectivity index (χ4n) is 0.909. The molecule has 1 atom stereocenters. The third-order valence-corrected chi connectivity index (χ3v) is 1.36. The number of aliphatic imine (C=N–C) groups is 1. The zero-order valence-corrected chi connectivity index (χ0v) is 6.04. The van der Waals surface area contributed by atoms with Crippen LogP contribution in [0.2, 0.25) is 0 Å². The van der Waals surface area contributed by atoms with Crippen LogP contribution in [0.25, 0.3) is 0 Å². The van der Waals surface area contributed by atoms with Crippen molar-refractivity contribution in [1.29, 1.82) is 0 Å². The first-order valence-electron chi connectivity index (χ1n) is 3.46. The molecule has 0 aromatic carbocycles. The Bertz CT molecular complexity index is 163. The van der Waals surface area contributed by atoms with E-state index in [0.717, 1.165) is 18.7 Å². The lowest BCUT2D eigenvalue weighted by atomic mass is 10.2. The third-order valence-electron chi connectivity index (χ3n) is 1.36. The summed E-state index contributed by atoms with van der Waals surface area (Å²) in [4.78, 5) is 4.00. The molecule has 0 saturated heterocycles. The highest BCUT2D eigenvalue weighted by molar-refractivity contribution is 5.55. The maximum absolute atomic E-state index is 9.08. The molecule has 0 radical (unpaired) electrons. The second kappa shape index (κ2) is 3.37. The predicted octanol–water partition coefficient (Wildman–Crippen LogP) is 0.620. The molecule has 1 aliphatic rings. The number of allylic oxidation sites excluding steroid dienone is 1. The molecule has 0 amide bonds. The fraction of sp³-hybridized carbons (Fsp3) is 0.571. The Morgan fingerprint density at radius 2 is 2.70 bits per heavy atom. The summed E-state index contributed by atoms with van der Waals surface area (Å²) >= 11 is 0. The molecule has 3 heteroatoms. The van der Waals surface area contributed by atoms with Crippen LogP contribution in [0.5, 0.6) is 0 Å². The van der Waals surface area contributed by atoms with Crippen molar-refractivity contribution in [3.8, 4) is 0 Å². The standard InChI is InChI=1S/C7H12N2O/c1-2-8-6-4-3-5-7(10)9-6/h2,4,7,9-10H,3,5H2,1H3. The summed E-state index contributed by atoms with van der Waals surface area (Å²) < 4.78 is 0. The summed E-state index contributed by atoms with van der Waals surface area (Å²) in [5, 5.41) is 11.9. The predicted molar refractivity (Wildman–Crippen MR) is 40.6 cm³/mol. The van der Waals surface area contributed by atoms with Crippen LogP contribution in [0.3, 0.4) is 0 Å². The average Bonchev–Trinajstić information content (AvgIpc) is 1.88. The van der Waals surface area contributed by atoms with E-state index < -0.39 is 6.23 Å². The van der Waals surface area contributed by atoms with Crippen LogP contribution in [-0.2, 0) is 0 Å². The molecular weight excluding hydrogens is 128 g/mol. The first-order chi connectivity index (χ1) is 4.83. The molecule has 1 rings (SSSR count). The average molecular weight is 140 g/mol. The van der Waals surface area contributed by atoms with Gasteiger partial charge < -0.3 is 10.4 Å². The molecule has 0 aromatic rings. The molecule has 0 aliphatic carbocycles. The van der Waals surface area contributed by atoms with E-state index in [4.69, 9.17) is 5.11 Å². The minimum absolute atomic E-state index is 0.413. The molecule has 1 aliphatic heterocycles. The first-order valence-corrected chi connectivity index (χ1v) is 3.46. The van der Waals surface area contributed by atoms with Gasteiger partial charge in [0, 0.05) is 6.21 Å². The highest BCUT2D eigenvalue weighted by atomic mass is 16.3. The van der Waals surface area contributed by atoms with E-state index in [-0.39, 0.29) is 0 Å². The second-order valence-corrected chi connectivity index (χ2v) is 2.21. The largest absolute Gasteiger partial charge is 0.374 e. The molecular formula is C7H12N2O. The minimum atomic E-state index is -0.413. The highest BCUT2D eigenvalue weighted by Crippen LogP contribution is 2.07. The van der Waals surface area contributed by atoms with Gasteiger partial charge in [-0.3, -0.25) is 0 Å². The summed E-state index contributed by atoms with van der Waals surface area (Å²) in [5.74, 6) is 0.779. The monoisotopic (exact) mass is 140 g/mol. The number of hydrogen-bond donors (Lipinski definition) is 2. The van der Waals surface area contributed by atoms with Gasteiger partial charge in [0.2, 0.25) is 0 Å². The minimum Gasteiger partial charge on any atom is -0.374 e. The molecule has 0 saturated carbocycles. The van der Waals surface area contributed by atoms with Crippen molar-refractivity contribution >= 4 is 6.21 Å². The van der Waals surface area contributed by atoms with E-state index in [1.807, 2.05) is 13.0 Å². The Kier molecular flexibility index (Phi) is 2.45. The summed E-state index contributed by atoms with van der Waals surface area (Å²) in [7, 11) is 0. The van der Waals surface area contributed by atoms with Crippen molar-refractivity contribution in [2.45, 2.75) is 26.0 Å². The van der Waals surface area contributed by atoms with Crippen molar-refractivity contribution < 1.29 is 5.11 Å². The first kappa shape index (κ1) is 7.28. The van der Waals surface area contributed by atoms with E-state index in [1.54, 1.807) is 6.21 Å². The molecule has 0 fully saturated rings. The van der Waals surface area contributed by atoms with E-state index in [0.29, 0.717) is 0 Å². The number of nitrogens with zero attached hydrogens (tertiary/aromatic N) is 1. The maximum atomic E-state index is 9.08. The molecule has 2 N–H and O–H groups in total. The number of hydrogen-bond acceptors (Lipinski definition) is 3. The Morgan fingerprint density at radius 1 is 1.90 bits per heavy atom. The molecule has 10 heavy (non-hydrogen) atoms. The van der Waals surface area contributed by atoms with Crippen molar-refractivity contribution in [3.05, 3.63) is 11.9 Å². The highest BCUT2D eigenvalue weighted by Gasteiger charge is 2.08. The Hall–Kier alpha value is -0.830. The van der Waals surface area contributed by atoms with Crippen molar-refractivity contribution in [1.82, 2.24) is 5.32 Å².